The first-order chi connectivity index (χ1) is 10.7. The van der Waals surface area contributed by atoms with Gasteiger partial charge in [-0.15, -0.1) is 0 Å². The first-order valence-electron chi connectivity index (χ1n) is 8.49. The highest BCUT2D eigenvalue weighted by Gasteiger charge is 2.21. The van der Waals surface area contributed by atoms with E-state index in [-0.39, 0.29) is 6.10 Å². The fourth-order valence-electron chi connectivity index (χ4n) is 2.73. The summed E-state index contributed by atoms with van der Waals surface area (Å²) in [6, 6.07) is 0. The molecule has 0 bridgehead atoms. The van der Waals surface area contributed by atoms with E-state index >= 15 is 0 Å². The van der Waals surface area contributed by atoms with Gasteiger partial charge in [-0.25, -0.2) is 0 Å². The van der Waals surface area contributed by atoms with Crippen LogP contribution in [-0.2, 0) is 14.2 Å². The van der Waals surface area contributed by atoms with E-state index in [1.54, 1.807) is 13.2 Å². The average Bonchev–Trinajstić information content (AvgIpc) is 2.50. The predicted molar refractivity (Wildman–Crippen MR) is 91.8 cm³/mol. The van der Waals surface area contributed by atoms with Crippen LogP contribution >= 0.6 is 0 Å². The summed E-state index contributed by atoms with van der Waals surface area (Å²) in [6.45, 7) is 9.77. The van der Waals surface area contributed by atoms with E-state index in [9.17, 15) is 0 Å². The molecule has 0 aromatic carbocycles. The van der Waals surface area contributed by atoms with E-state index in [0.717, 1.165) is 44.7 Å². The molecule has 1 aliphatic rings. The first-order valence-corrected chi connectivity index (χ1v) is 8.49. The predicted octanol–water partition coefficient (Wildman–Crippen LogP) is 4.65. The second-order valence-electron chi connectivity index (χ2n) is 5.83. The molecule has 1 saturated heterocycles. The Kier molecular flexibility index (Phi) is 9.93. The van der Waals surface area contributed by atoms with Gasteiger partial charge in [0, 0.05) is 19.1 Å². The van der Waals surface area contributed by atoms with Crippen LogP contribution in [0.3, 0.4) is 0 Å². The van der Waals surface area contributed by atoms with Gasteiger partial charge >= 0.3 is 0 Å². The van der Waals surface area contributed by atoms with Crippen molar-refractivity contribution in [1.82, 2.24) is 0 Å². The molecule has 1 fully saturated rings. The van der Waals surface area contributed by atoms with E-state index in [2.05, 4.69) is 26.5 Å². The SMILES string of the molecule is C=C/C=C\C(=CC(C)[C@H](CC)OC1CCCCOCC1)OC. The minimum Gasteiger partial charge on any atom is -0.497 e. The van der Waals surface area contributed by atoms with Crippen LogP contribution in [0, 0.1) is 5.92 Å². The van der Waals surface area contributed by atoms with Crippen molar-refractivity contribution < 1.29 is 14.2 Å². The molecule has 0 aromatic rings. The van der Waals surface area contributed by atoms with Crippen molar-refractivity contribution in [2.75, 3.05) is 20.3 Å². The number of ether oxygens (including phenoxy) is 3. The van der Waals surface area contributed by atoms with Crippen LogP contribution in [0.25, 0.3) is 0 Å². The van der Waals surface area contributed by atoms with Gasteiger partial charge in [-0.3, -0.25) is 0 Å². The van der Waals surface area contributed by atoms with Crippen molar-refractivity contribution in [3.8, 4) is 0 Å². The summed E-state index contributed by atoms with van der Waals surface area (Å²) in [7, 11) is 1.69. The van der Waals surface area contributed by atoms with Crippen LogP contribution in [0.5, 0.6) is 0 Å². The molecule has 3 atom stereocenters. The molecule has 126 valence electrons. The second kappa shape index (κ2) is 11.5. The fraction of sp³-hybridized carbons (Fsp3) is 0.684. The minimum absolute atomic E-state index is 0.215. The molecular formula is C19H32O3. The van der Waals surface area contributed by atoms with Crippen molar-refractivity contribution in [1.29, 1.82) is 0 Å². The van der Waals surface area contributed by atoms with Gasteiger partial charge in [-0.1, -0.05) is 32.6 Å². The van der Waals surface area contributed by atoms with Gasteiger partial charge in [0.2, 0.25) is 0 Å². The number of rotatable bonds is 8. The highest BCUT2D eigenvalue weighted by Crippen LogP contribution is 2.22. The monoisotopic (exact) mass is 308 g/mol. The third-order valence-corrected chi connectivity index (χ3v) is 4.06. The molecular weight excluding hydrogens is 276 g/mol. The fourth-order valence-corrected chi connectivity index (χ4v) is 2.73. The van der Waals surface area contributed by atoms with Crippen molar-refractivity contribution in [2.24, 2.45) is 5.92 Å². The zero-order valence-corrected chi connectivity index (χ0v) is 14.4. The molecule has 1 heterocycles. The van der Waals surface area contributed by atoms with Gasteiger partial charge in [0.1, 0.15) is 5.76 Å². The number of methoxy groups -OCH3 is 1. The Labute approximate surface area is 136 Å². The van der Waals surface area contributed by atoms with E-state index in [1.165, 1.54) is 6.42 Å². The van der Waals surface area contributed by atoms with Crippen molar-refractivity contribution in [2.45, 2.75) is 58.2 Å². The molecule has 0 aliphatic carbocycles. The smallest absolute Gasteiger partial charge is 0.115 e. The van der Waals surface area contributed by atoms with Crippen LogP contribution in [0.15, 0.2) is 36.6 Å². The van der Waals surface area contributed by atoms with Gasteiger partial charge in [0.15, 0.2) is 0 Å². The largest absolute Gasteiger partial charge is 0.497 e. The topological polar surface area (TPSA) is 27.7 Å². The van der Waals surface area contributed by atoms with Gasteiger partial charge in [-0.2, -0.15) is 0 Å². The Balaban J connectivity index is 2.61. The molecule has 0 amide bonds. The lowest BCUT2D eigenvalue weighted by atomic mass is 10.00. The number of hydrogen-bond acceptors (Lipinski definition) is 3. The lowest BCUT2D eigenvalue weighted by Crippen LogP contribution is -2.28. The van der Waals surface area contributed by atoms with E-state index < -0.39 is 0 Å². The quantitative estimate of drug-likeness (QED) is 0.482. The third kappa shape index (κ3) is 7.28. The summed E-state index contributed by atoms with van der Waals surface area (Å²) in [5.74, 6) is 1.16. The van der Waals surface area contributed by atoms with Crippen LogP contribution in [-0.4, -0.2) is 32.5 Å². The van der Waals surface area contributed by atoms with Crippen LogP contribution in [0.4, 0.5) is 0 Å². The maximum atomic E-state index is 6.36. The Morgan fingerprint density at radius 3 is 2.82 bits per heavy atom. The van der Waals surface area contributed by atoms with Crippen LogP contribution < -0.4 is 0 Å². The molecule has 0 N–H and O–H groups in total. The third-order valence-electron chi connectivity index (χ3n) is 4.06. The highest BCUT2D eigenvalue weighted by molar-refractivity contribution is 5.17. The molecule has 0 spiro atoms. The molecule has 1 rings (SSSR count). The minimum atomic E-state index is 0.215. The molecule has 0 radical (unpaired) electrons. The summed E-state index contributed by atoms with van der Waals surface area (Å²) in [5, 5.41) is 0. The van der Waals surface area contributed by atoms with Crippen molar-refractivity contribution >= 4 is 0 Å². The molecule has 3 nitrogen and oxygen atoms in total. The molecule has 2 unspecified atom stereocenters. The summed E-state index contributed by atoms with van der Waals surface area (Å²) >= 11 is 0. The number of allylic oxidation sites excluding steroid dienone is 3. The van der Waals surface area contributed by atoms with Crippen LogP contribution in [0.2, 0.25) is 0 Å². The Morgan fingerprint density at radius 2 is 2.14 bits per heavy atom. The van der Waals surface area contributed by atoms with Gasteiger partial charge in [-0.05, 0) is 44.3 Å². The van der Waals surface area contributed by atoms with E-state index in [1.807, 2.05) is 12.2 Å². The zero-order chi connectivity index (χ0) is 16.2. The first kappa shape index (κ1) is 19.0. The van der Waals surface area contributed by atoms with Crippen molar-refractivity contribution in [3.63, 3.8) is 0 Å². The summed E-state index contributed by atoms with van der Waals surface area (Å²) < 4.78 is 17.3. The summed E-state index contributed by atoms with van der Waals surface area (Å²) in [5.41, 5.74) is 0. The van der Waals surface area contributed by atoms with Crippen molar-refractivity contribution in [3.05, 3.63) is 36.6 Å². The molecule has 22 heavy (non-hydrogen) atoms. The van der Waals surface area contributed by atoms with E-state index in [4.69, 9.17) is 14.2 Å². The van der Waals surface area contributed by atoms with Gasteiger partial charge < -0.3 is 14.2 Å². The summed E-state index contributed by atoms with van der Waals surface area (Å²) in [4.78, 5) is 0. The maximum absolute atomic E-state index is 6.36. The van der Waals surface area contributed by atoms with Gasteiger partial charge in [0.05, 0.1) is 19.3 Å². The van der Waals surface area contributed by atoms with E-state index in [0.29, 0.717) is 12.0 Å². The lowest BCUT2D eigenvalue weighted by Gasteiger charge is -2.28. The summed E-state index contributed by atoms with van der Waals surface area (Å²) in [6.07, 6.45) is 13.7. The zero-order valence-electron chi connectivity index (χ0n) is 14.4. The molecule has 0 saturated carbocycles. The second-order valence-corrected chi connectivity index (χ2v) is 5.83. The number of hydrogen-bond donors (Lipinski definition) is 0. The molecule has 1 aliphatic heterocycles. The Morgan fingerprint density at radius 1 is 1.32 bits per heavy atom. The molecule has 3 heteroatoms. The lowest BCUT2D eigenvalue weighted by molar-refractivity contribution is -0.0571. The maximum Gasteiger partial charge on any atom is 0.115 e. The van der Waals surface area contributed by atoms with Crippen LogP contribution in [0.1, 0.15) is 46.0 Å². The Hall–Kier alpha value is -1.06. The highest BCUT2D eigenvalue weighted by atomic mass is 16.5. The van der Waals surface area contributed by atoms with Gasteiger partial charge in [0.25, 0.3) is 0 Å². The standard InChI is InChI=1S/C19H32O3/c1-5-7-10-18(20-4)15-16(3)19(6-2)22-17-11-8-9-13-21-14-12-17/h5,7,10,15-17,19H,1,6,8-9,11-14H2,2-4H3/b10-7-,18-15?/t16?,17?,19-/m0/s1. The Bertz CT molecular complexity index is 352. The molecule has 0 aromatic heterocycles. The normalized spacial score (nSPS) is 23.6. The average molecular weight is 308 g/mol.